The molecule has 0 aliphatic carbocycles. The van der Waals surface area contributed by atoms with E-state index in [1.165, 1.54) is 6.07 Å². The van der Waals surface area contributed by atoms with Gasteiger partial charge in [0, 0.05) is 38.6 Å². The molecule has 0 saturated carbocycles. The maximum atomic E-state index is 12.8. The highest BCUT2D eigenvalue weighted by atomic mass is 35.5. The second kappa shape index (κ2) is 7.98. The van der Waals surface area contributed by atoms with Gasteiger partial charge in [0.1, 0.15) is 5.75 Å². The van der Waals surface area contributed by atoms with Crippen LogP contribution >= 0.6 is 24.0 Å². The molecule has 0 aromatic heterocycles. The first-order valence-electron chi connectivity index (χ1n) is 6.29. The van der Waals surface area contributed by atoms with Gasteiger partial charge in [0.15, 0.2) is 0 Å². The quantitative estimate of drug-likeness (QED) is 0.892. The summed E-state index contributed by atoms with van der Waals surface area (Å²) < 4.78 is 25.6. The van der Waals surface area contributed by atoms with Crippen LogP contribution in [0, 0.1) is 0 Å². The predicted molar refractivity (Wildman–Crippen MR) is 78.2 cm³/mol. The van der Waals surface area contributed by atoms with Crippen LogP contribution in [-0.4, -0.2) is 42.6 Å². The topological polar surface area (TPSA) is 35.5 Å². The molecule has 0 unspecified atom stereocenters. The Kier molecular flexibility index (Phi) is 6.95. The summed E-state index contributed by atoms with van der Waals surface area (Å²) in [4.78, 5) is 2.03. The predicted octanol–water partition coefficient (Wildman–Crippen LogP) is 3.07. The number of halogens is 4. The van der Waals surface area contributed by atoms with Gasteiger partial charge in [0.05, 0.1) is 5.02 Å². The summed E-state index contributed by atoms with van der Waals surface area (Å²) in [5, 5.41) is 12.8. The maximum absolute atomic E-state index is 12.8. The van der Waals surface area contributed by atoms with Crippen LogP contribution in [0.2, 0.25) is 5.02 Å². The third-order valence-corrected chi connectivity index (χ3v) is 3.65. The molecule has 1 atom stereocenters. The van der Waals surface area contributed by atoms with E-state index >= 15 is 0 Å². The van der Waals surface area contributed by atoms with Crippen molar-refractivity contribution in [1.82, 2.24) is 10.2 Å². The third-order valence-electron chi connectivity index (χ3n) is 3.35. The summed E-state index contributed by atoms with van der Waals surface area (Å²) >= 11 is 5.87. The molecule has 3 nitrogen and oxygen atoms in total. The molecule has 114 valence electrons. The Morgan fingerprint density at radius 3 is 2.50 bits per heavy atom. The number of rotatable bonds is 4. The summed E-state index contributed by atoms with van der Waals surface area (Å²) in [6.07, 6.45) is -2.59. The molecule has 2 rings (SSSR count). The minimum Gasteiger partial charge on any atom is -0.506 e. The molecular formula is C13H18Cl2F2N2O. The first kappa shape index (κ1) is 17.4. The number of aromatic hydroxyl groups is 1. The summed E-state index contributed by atoms with van der Waals surface area (Å²) in [6, 6.07) is 4.33. The van der Waals surface area contributed by atoms with Crippen LogP contribution in [0.15, 0.2) is 18.2 Å². The van der Waals surface area contributed by atoms with Crippen molar-refractivity contribution in [2.45, 2.75) is 18.9 Å². The van der Waals surface area contributed by atoms with Crippen LogP contribution in [0.1, 0.15) is 18.0 Å². The lowest BCUT2D eigenvalue weighted by molar-refractivity contribution is 0.0739. The minimum atomic E-state index is -2.37. The van der Waals surface area contributed by atoms with Crippen LogP contribution in [0.4, 0.5) is 8.78 Å². The number of benzene rings is 1. The second-order valence-electron chi connectivity index (χ2n) is 4.64. The molecule has 0 bridgehead atoms. The van der Waals surface area contributed by atoms with E-state index in [2.05, 4.69) is 5.32 Å². The van der Waals surface area contributed by atoms with Gasteiger partial charge in [-0.2, -0.15) is 0 Å². The van der Waals surface area contributed by atoms with Gasteiger partial charge in [0.2, 0.25) is 6.43 Å². The van der Waals surface area contributed by atoms with E-state index in [9.17, 15) is 13.9 Å². The molecule has 7 heteroatoms. The van der Waals surface area contributed by atoms with Gasteiger partial charge < -0.3 is 10.4 Å². The van der Waals surface area contributed by atoms with Gasteiger partial charge in [-0.15, -0.1) is 12.4 Å². The lowest BCUT2D eigenvalue weighted by Gasteiger charge is -2.35. The molecule has 1 saturated heterocycles. The molecule has 1 heterocycles. The number of nitrogens with zero attached hydrogens (tertiary/aromatic N) is 1. The Morgan fingerprint density at radius 2 is 1.95 bits per heavy atom. The van der Waals surface area contributed by atoms with E-state index in [0.29, 0.717) is 0 Å². The number of alkyl halides is 2. The van der Waals surface area contributed by atoms with Gasteiger partial charge in [-0.1, -0.05) is 17.7 Å². The number of nitrogens with one attached hydrogen (secondary N) is 1. The lowest BCUT2D eigenvalue weighted by atomic mass is 10.0. The number of hydrogen-bond acceptors (Lipinski definition) is 3. The Balaban J connectivity index is 0.00000200. The molecule has 20 heavy (non-hydrogen) atoms. The number of phenolic OH excluding ortho intramolecular Hbond substituents is 1. The van der Waals surface area contributed by atoms with E-state index in [4.69, 9.17) is 11.6 Å². The Hall–Kier alpha value is -0.620. The van der Waals surface area contributed by atoms with Crippen LogP contribution in [0.5, 0.6) is 5.75 Å². The first-order valence-corrected chi connectivity index (χ1v) is 6.67. The SMILES string of the molecule is Cl.Oc1ccc([C@H](CC(F)F)N2CCNCC2)cc1Cl. The van der Waals surface area contributed by atoms with Crippen molar-refractivity contribution in [3.8, 4) is 5.75 Å². The summed E-state index contributed by atoms with van der Waals surface area (Å²) in [5.41, 5.74) is 0.727. The van der Waals surface area contributed by atoms with E-state index in [-0.39, 0.29) is 35.6 Å². The third kappa shape index (κ3) is 4.45. The van der Waals surface area contributed by atoms with Crippen molar-refractivity contribution in [3.05, 3.63) is 28.8 Å². The average Bonchev–Trinajstić information content (AvgIpc) is 2.40. The molecular weight excluding hydrogens is 309 g/mol. The molecule has 1 aromatic rings. The molecule has 0 radical (unpaired) electrons. The Labute approximate surface area is 128 Å². The summed E-state index contributed by atoms with van der Waals surface area (Å²) in [6.45, 7) is 3.06. The van der Waals surface area contributed by atoms with Crippen LogP contribution < -0.4 is 5.32 Å². The Morgan fingerprint density at radius 1 is 1.30 bits per heavy atom. The molecule has 0 amide bonds. The van der Waals surface area contributed by atoms with Gasteiger partial charge in [-0.3, -0.25) is 4.90 Å². The van der Waals surface area contributed by atoms with Crippen molar-refractivity contribution in [2.75, 3.05) is 26.2 Å². The molecule has 1 aliphatic rings. The van der Waals surface area contributed by atoms with Crippen molar-refractivity contribution < 1.29 is 13.9 Å². The van der Waals surface area contributed by atoms with Crippen LogP contribution in [0.3, 0.4) is 0 Å². The fourth-order valence-electron chi connectivity index (χ4n) is 2.39. The minimum absolute atomic E-state index is 0. The maximum Gasteiger partial charge on any atom is 0.240 e. The van der Waals surface area contributed by atoms with Crippen molar-refractivity contribution >= 4 is 24.0 Å². The van der Waals surface area contributed by atoms with Crippen molar-refractivity contribution in [1.29, 1.82) is 0 Å². The number of hydrogen-bond donors (Lipinski definition) is 2. The molecule has 1 aliphatic heterocycles. The second-order valence-corrected chi connectivity index (χ2v) is 5.05. The summed E-state index contributed by atoms with van der Waals surface area (Å²) in [7, 11) is 0. The van der Waals surface area contributed by atoms with E-state index in [0.717, 1.165) is 31.7 Å². The fraction of sp³-hybridized carbons (Fsp3) is 0.538. The lowest BCUT2D eigenvalue weighted by Crippen LogP contribution is -2.45. The highest BCUT2D eigenvalue weighted by Crippen LogP contribution is 2.32. The average molecular weight is 327 g/mol. The van der Waals surface area contributed by atoms with Gasteiger partial charge in [-0.25, -0.2) is 8.78 Å². The van der Waals surface area contributed by atoms with E-state index < -0.39 is 6.43 Å². The zero-order valence-electron chi connectivity index (χ0n) is 10.9. The van der Waals surface area contributed by atoms with Gasteiger partial charge >= 0.3 is 0 Å². The monoisotopic (exact) mass is 326 g/mol. The normalized spacial score (nSPS) is 17.8. The van der Waals surface area contributed by atoms with E-state index in [1.54, 1.807) is 12.1 Å². The zero-order valence-corrected chi connectivity index (χ0v) is 12.4. The zero-order chi connectivity index (χ0) is 13.8. The number of piperazine rings is 1. The van der Waals surface area contributed by atoms with E-state index in [1.807, 2.05) is 4.90 Å². The smallest absolute Gasteiger partial charge is 0.240 e. The Bertz CT molecular complexity index is 429. The van der Waals surface area contributed by atoms with Crippen LogP contribution in [-0.2, 0) is 0 Å². The first-order chi connectivity index (χ1) is 9.08. The molecule has 0 spiro atoms. The van der Waals surface area contributed by atoms with Crippen molar-refractivity contribution in [3.63, 3.8) is 0 Å². The molecule has 1 fully saturated rings. The van der Waals surface area contributed by atoms with Crippen molar-refractivity contribution in [2.24, 2.45) is 0 Å². The standard InChI is InChI=1S/C13H17ClF2N2O.ClH/c14-10-7-9(1-2-12(10)19)11(8-13(15)16)18-5-3-17-4-6-18;/h1-2,7,11,13,17,19H,3-6,8H2;1H/t11-;/m0./s1. The van der Waals surface area contributed by atoms with Crippen LogP contribution in [0.25, 0.3) is 0 Å². The highest BCUT2D eigenvalue weighted by Gasteiger charge is 2.25. The molecule has 2 N–H and O–H groups in total. The van der Waals surface area contributed by atoms with Gasteiger partial charge in [0.25, 0.3) is 0 Å². The number of phenols is 1. The largest absolute Gasteiger partial charge is 0.506 e. The summed E-state index contributed by atoms with van der Waals surface area (Å²) in [5.74, 6) is -0.0264. The highest BCUT2D eigenvalue weighted by molar-refractivity contribution is 6.32. The molecule has 1 aromatic carbocycles. The fourth-order valence-corrected chi connectivity index (χ4v) is 2.58. The van der Waals surface area contributed by atoms with Gasteiger partial charge in [-0.05, 0) is 17.7 Å².